The first-order chi connectivity index (χ1) is 21.3. The van der Waals surface area contributed by atoms with Gasteiger partial charge in [-0.3, -0.25) is 4.79 Å². The lowest BCUT2D eigenvalue weighted by molar-refractivity contribution is -0.226. The van der Waals surface area contributed by atoms with Crippen LogP contribution in [0.3, 0.4) is 0 Å². The molecule has 1 saturated heterocycles. The smallest absolute Gasteiger partial charge is 0.229 e. The zero-order valence-electron chi connectivity index (χ0n) is 29.4. The van der Waals surface area contributed by atoms with Crippen LogP contribution in [0.5, 0.6) is 0 Å². The third-order valence-electron chi connectivity index (χ3n) is 16.4. The van der Waals surface area contributed by atoms with Crippen molar-refractivity contribution in [2.24, 2.45) is 51.2 Å². The van der Waals surface area contributed by atoms with Crippen LogP contribution in [-0.2, 0) is 16.6 Å². The van der Waals surface area contributed by atoms with Gasteiger partial charge in [-0.2, -0.15) is 0 Å². The molecule has 0 bridgehead atoms. The number of benzene rings is 1. The fourth-order valence-corrected chi connectivity index (χ4v) is 14.1. The molecule has 2 aromatic rings. The molecule has 244 valence electrons. The summed E-state index contributed by atoms with van der Waals surface area (Å²) in [5.41, 5.74) is 6.52. The number of carbonyl (C=O) groups excluding carboxylic acids is 1. The molecule has 4 saturated carbocycles. The van der Waals surface area contributed by atoms with E-state index in [1.807, 2.05) is 0 Å². The number of carbonyl (C=O) groups is 1. The molecule has 9 atom stereocenters. The van der Waals surface area contributed by atoms with E-state index in [4.69, 9.17) is 0 Å². The molecular formula is C41H59N3O. The Morgan fingerprint density at radius 2 is 1.60 bits per heavy atom. The van der Waals surface area contributed by atoms with E-state index in [0.29, 0.717) is 35.5 Å². The van der Waals surface area contributed by atoms with Crippen molar-refractivity contribution in [3.63, 3.8) is 0 Å². The van der Waals surface area contributed by atoms with Crippen molar-refractivity contribution < 1.29 is 4.79 Å². The Hall–Kier alpha value is -2.07. The largest absolute Gasteiger partial charge is 0.358 e. The molecule has 0 unspecified atom stereocenters. The molecule has 1 aliphatic heterocycles. The maximum atomic E-state index is 14.8. The van der Waals surface area contributed by atoms with Crippen LogP contribution in [0.4, 0.5) is 0 Å². The van der Waals surface area contributed by atoms with Gasteiger partial charge in [0, 0.05) is 48.2 Å². The molecule has 8 rings (SSSR count). The van der Waals surface area contributed by atoms with Gasteiger partial charge in [-0.05, 0) is 129 Å². The second-order valence-corrected chi connectivity index (χ2v) is 18.4. The molecular weight excluding hydrogens is 550 g/mol. The Bertz CT molecular complexity index is 1540. The quantitative estimate of drug-likeness (QED) is 0.346. The second-order valence-electron chi connectivity index (χ2n) is 18.4. The molecule has 6 aliphatic rings. The Balaban J connectivity index is 1.18. The maximum Gasteiger partial charge on any atom is 0.229 e. The third kappa shape index (κ3) is 3.78. The highest BCUT2D eigenvalue weighted by atomic mass is 16.2. The third-order valence-corrected chi connectivity index (χ3v) is 16.4. The number of likely N-dealkylation sites (N-methyl/N-ethyl adjacent to an activating group) is 1. The molecule has 4 nitrogen and oxygen atoms in total. The molecule has 1 aromatic heterocycles. The number of rotatable bonds is 2. The summed E-state index contributed by atoms with van der Waals surface area (Å²) in [6.45, 7) is 23.9. The van der Waals surface area contributed by atoms with E-state index >= 15 is 0 Å². The van der Waals surface area contributed by atoms with Gasteiger partial charge in [-0.25, -0.2) is 0 Å². The first-order valence-corrected chi connectivity index (χ1v) is 18.5. The fraction of sp³-hybridized carbons (Fsp3) is 0.732. The van der Waals surface area contributed by atoms with Crippen LogP contribution in [0.2, 0.25) is 0 Å². The molecule has 4 heteroatoms. The molecule has 1 N–H and O–H groups in total. The average Bonchev–Trinajstić information content (AvgIpc) is 3.58. The molecule has 1 amide bonds. The van der Waals surface area contributed by atoms with E-state index in [0.717, 1.165) is 45.4 Å². The van der Waals surface area contributed by atoms with Gasteiger partial charge in [0.2, 0.25) is 5.91 Å². The van der Waals surface area contributed by atoms with E-state index < -0.39 is 0 Å². The minimum Gasteiger partial charge on any atom is -0.358 e. The summed E-state index contributed by atoms with van der Waals surface area (Å²) >= 11 is 0. The van der Waals surface area contributed by atoms with Gasteiger partial charge in [-0.15, -0.1) is 0 Å². The minimum absolute atomic E-state index is 0.133. The van der Waals surface area contributed by atoms with Crippen molar-refractivity contribution in [1.82, 2.24) is 14.8 Å². The van der Waals surface area contributed by atoms with Crippen molar-refractivity contribution in [3.8, 4) is 0 Å². The number of nitrogens with one attached hydrogen (secondary N) is 1. The predicted molar refractivity (Wildman–Crippen MR) is 185 cm³/mol. The van der Waals surface area contributed by atoms with Crippen LogP contribution in [0.1, 0.15) is 104 Å². The van der Waals surface area contributed by atoms with Crippen molar-refractivity contribution in [2.75, 3.05) is 33.2 Å². The number of hydrogen-bond acceptors (Lipinski definition) is 2. The van der Waals surface area contributed by atoms with Gasteiger partial charge >= 0.3 is 0 Å². The normalized spacial score (nSPS) is 44.0. The Kier molecular flexibility index (Phi) is 6.55. The fourth-order valence-electron chi connectivity index (χ4n) is 14.1. The van der Waals surface area contributed by atoms with Crippen LogP contribution in [-0.4, -0.2) is 53.9 Å². The number of hydrogen-bond donors (Lipinski definition) is 1. The highest BCUT2D eigenvalue weighted by Crippen LogP contribution is 2.77. The summed E-state index contributed by atoms with van der Waals surface area (Å²) in [5.74, 6) is 3.44. The summed E-state index contributed by atoms with van der Waals surface area (Å²) < 4.78 is 0. The van der Waals surface area contributed by atoms with Gasteiger partial charge in [0.25, 0.3) is 0 Å². The van der Waals surface area contributed by atoms with E-state index in [1.165, 1.54) is 60.7 Å². The summed E-state index contributed by atoms with van der Waals surface area (Å²) in [6, 6.07) is 9.06. The zero-order valence-corrected chi connectivity index (χ0v) is 29.4. The van der Waals surface area contributed by atoms with Crippen molar-refractivity contribution >= 4 is 16.8 Å². The minimum atomic E-state index is -0.181. The molecule has 0 radical (unpaired) electrons. The van der Waals surface area contributed by atoms with E-state index in [1.54, 1.807) is 5.56 Å². The summed E-state index contributed by atoms with van der Waals surface area (Å²) in [5, 5.41) is 1.45. The number of piperazine rings is 1. The van der Waals surface area contributed by atoms with E-state index in [2.05, 4.69) is 94.2 Å². The van der Waals surface area contributed by atoms with Crippen LogP contribution < -0.4 is 0 Å². The Labute approximate surface area is 272 Å². The maximum absolute atomic E-state index is 14.8. The summed E-state index contributed by atoms with van der Waals surface area (Å²) in [6.07, 6.45) is 11.0. The molecule has 0 spiro atoms. The van der Waals surface area contributed by atoms with Crippen LogP contribution in [0.15, 0.2) is 36.4 Å². The van der Waals surface area contributed by atoms with Crippen molar-refractivity contribution in [1.29, 1.82) is 0 Å². The average molecular weight is 610 g/mol. The highest BCUT2D eigenvalue weighted by Gasteiger charge is 2.72. The van der Waals surface area contributed by atoms with Gasteiger partial charge in [0.15, 0.2) is 0 Å². The predicted octanol–water partition coefficient (Wildman–Crippen LogP) is 8.61. The van der Waals surface area contributed by atoms with Crippen LogP contribution >= 0.6 is 0 Å². The van der Waals surface area contributed by atoms with E-state index in [9.17, 15) is 4.79 Å². The monoisotopic (exact) mass is 609 g/mol. The lowest BCUT2D eigenvalue weighted by Gasteiger charge is -2.72. The highest BCUT2D eigenvalue weighted by molar-refractivity contribution is 5.86. The molecule has 1 aromatic carbocycles. The Morgan fingerprint density at radius 3 is 2.33 bits per heavy atom. The number of amides is 1. The lowest BCUT2D eigenvalue weighted by Crippen LogP contribution is -2.67. The number of nitrogens with zero attached hydrogens (tertiary/aromatic N) is 2. The van der Waals surface area contributed by atoms with Crippen LogP contribution in [0.25, 0.3) is 10.9 Å². The first-order valence-electron chi connectivity index (χ1n) is 18.5. The number of H-pyrrole nitrogens is 1. The zero-order chi connectivity index (χ0) is 31.7. The standard InChI is InChI=1S/C41H59N3O/c1-26(2)27-15-18-41(36(45)44-23-21-43(8)22-24-44)20-19-39(6)30(34(27)41)13-14-33-38(5)25-29-28-11-9-10-12-31(28)42-35(29)37(3,4)32(38)16-17-40(33,39)7/h9-12,27,30,32-34,42H,1,13-25H2,2-8H3/t27-,30+,32-,33+,34+,38-,39+,40+,41-/m0/s1. The number of aromatic amines is 1. The molecule has 5 aliphatic carbocycles. The number of allylic oxidation sites excluding steroid dienone is 1. The summed E-state index contributed by atoms with van der Waals surface area (Å²) in [4.78, 5) is 23.3. The van der Waals surface area contributed by atoms with Gasteiger partial charge in [-0.1, -0.05) is 65.0 Å². The van der Waals surface area contributed by atoms with Gasteiger partial charge in [0.1, 0.15) is 0 Å². The van der Waals surface area contributed by atoms with Crippen molar-refractivity contribution in [3.05, 3.63) is 47.7 Å². The van der Waals surface area contributed by atoms with Crippen molar-refractivity contribution in [2.45, 2.75) is 105 Å². The lowest BCUT2D eigenvalue weighted by atomic mass is 9.32. The van der Waals surface area contributed by atoms with Crippen LogP contribution in [0, 0.1) is 51.2 Å². The van der Waals surface area contributed by atoms with Gasteiger partial charge in [0.05, 0.1) is 5.41 Å². The number of aromatic nitrogens is 1. The number of para-hydroxylation sites is 1. The van der Waals surface area contributed by atoms with E-state index in [-0.39, 0.29) is 27.1 Å². The number of fused-ring (bicyclic) bond motifs is 10. The summed E-state index contributed by atoms with van der Waals surface area (Å²) in [7, 11) is 2.20. The SMILES string of the molecule is C=C(C)[C@@H]1CC[C@]2(C(=O)N3CCN(C)CC3)CC[C@]3(C)[C@H](CC[C@@H]4[C@@]5(C)Cc6c([nH]c7ccccc67)C(C)(C)[C@@H]5CC[C@]43C)[C@@H]12. The topological polar surface area (TPSA) is 39.3 Å². The molecule has 45 heavy (non-hydrogen) atoms. The van der Waals surface area contributed by atoms with Gasteiger partial charge < -0.3 is 14.8 Å². The molecule has 2 heterocycles. The first kappa shape index (κ1) is 30.3. The Morgan fingerprint density at radius 1 is 0.867 bits per heavy atom. The molecule has 5 fully saturated rings. The second kappa shape index (κ2) is 9.74.